The molecule has 7 heteroatoms. The Bertz CT molecular complexity index is 1020. The Morgan fingerprint density at radius 2 is 1.82 bits per heavy atom. The van der Waals surface area contributed by atoms with Crippen molar-refractivity contribution in [2.45, 2.75) is 6.92 Å². The first kappa shape index (κ1) is 19.4. The Morgan fingerprint density at radius 1 is 1.14 bits per heavy atom. The summed E-state index contributed by atoms with van der Waals surface area (Å²) in [6.45, 7) is 1.27. The minimum atomic E-state index is -1.31. The van der Waals surface area contributed by atoms with Crippen molar-refractivity contribution in [3.8, 4) is 11.4 Å². The molecule has 142 valence electrons. The molecule has 0 N–H and O–H groups in total. The number of carboxylic acid groups (broad SMARTS) is 1. The van der Waals surface area contributed by atoms with Gasteiger partial charge in [-0.1, -0.05) is 29.8 Å². The van der Waals surface area contributed by atoms with Crippen LogP contribution >= 0.6 is 11.6 Å². The maximum Gasteiger partial charge on any atom is 0.185 e. The van der Waals surface area contributed by atoms with Gasteiger partial charge in [-0.2, -0.15) is 5.10 Å². The van der Waals surface area contributed by atoms with Crippen LogP contribution in [0.1, 0.15) is 21.6 Å². The van der Waals surface area contributed by atoms with Gasteiger partial charge in [-0.15, -0.1) is 0 Å². The lowest BCUT2D eigenvalue weighted by molar-refractivity contribution is -0.307. The summed E-state index contributed by atoms with van der Waals surface area (Å²) in [5.74, 6) is -1.20. The molecule has 1 heterocycles. The molecule has 0 aliphatic heterocycles. The zero-order valence-corrected chi connectivity index (χ0v) is 15.7. The van der Waals surface area contributed by atoms with Crippen molar-refractivity contribution in [2.24, 2.45) is 0 Å². The van der Waals surface area contributed by atoms with Crippen LogP contribution in [0.2, 0.25) is 5.15 Å². The van der Waals surface area contributed by atoms with E-state index >= 15 is 0 Å². The number of aryl methyl sites for hydroxylation is 1. The normalized spacial score (nSPS) is 10.9. The molecule has 0 saturated carbocycles. The van der Waals surface area contributed by atoms with Gasteiger partial charge in [-0.3, -0.25) is 4.79 Å². The lowest BCUT2D eigenvalue weighted by Crippen LogP contribution is -2.28. The van der Waals surface area contributed by atoms with E-state index in [4.69, 9.17) is 16.3 Å². The van der Waals surface area contributed by atoms with E-state index in [1.807, 2.05) is 37.3 Å². The van der Waals surface area contributed by atoms with Gasteiger partial charge in [0.2, 0.25) is 0 Å². The number of carbonyl (C=O) groups excluding carboxylic acids is 2. The third-order valence-corrected chi connectivity index (χ3v) is 4.31. The van der Waals surface area contributed by atoms with Crippen LogP contribution in [0.5, 0.6) is 5.75 Å². The quantitative estimate of drug-likeness (QED) is 0.453. The molecule has 6 nitrogen and oxygen atoms in total. The molecule has 0 aliphatic carbocycles. The average molecular weight is 396 g/mol. The predicted octanol–water partition coefficient (Wildman–Crippen LogP) is 2.86. The van der Waals surface area contributed by atoms with Crippen molar-refractivity contribution < 1.29 is 19.4 Å². The second-order valence-electron chi connectivity index (χ2n) is 5.92. The van der Waals surface area contributed by atoms with Crippen LogP contribution in [0.4, 0.5) is 0 Å². The van der Waals surface area contributed by atoms with Gasteiger partial charge in [0, 0.05) is 11.1 Å². The molecule has 3 aromatic rings. The molecule has 2 aromatic carbocycles. The molecule has 0 spiro atoms. The van der Waals surface area contributed by atoms with E-state index in [-0.39, 0.29) is 5.78 Å². The number of carboxylic acids is 1. The highest BCUT2D eigenvalue weighted by Gasteiger charge is 2.13. The van der Waals surface area contributed by atoms with Crippen LogP contribution in [0.25, 0.3) is 11.8 Å². The number of aromatic nitrogens is 2. The molecule has 0 aliphatic rings. The number of hydrogen-bond donors (Lipinski definition) is 0. The summed E-state index contributed by atoms with van der Waals surface area (Å²) in [6.07, 6.45) is 3.05. The molecule has 3 rings (SSSR count). The first-order valence-electron chi connectivity index (χ1n) is 8.41. The molecule has 28 heavy (non-hydrogen) atoms. The standard InChI is InChI=1S/C21H17ClN2O4/c1-14-18(21(22)24(23-14)16-5-3-2-4-6-16)11-12-19(25)15-7-9-17(10-8-15)28-13-20(26)27/h2-12H,13H2,1H3,(H,26,27)/p-1/b12-11+. The molecule has 0 fully saturated rings. The van der Waals surface area contributed by atoms with E-state index in [1.165, 1.54) is 18.2 Å². The Hall–Kier alpha value is -3.38. The Labute approximate surface area is 166 Å². The fourth-order valence-corrected chi connectivity index (χ4v) is 2.89. The summed E-state index contributed by atoms with van der Waals surface area (Å²) in [5.41, 5.74) is 2.62. The Morgan fingerprint density at radius 3 is 2.46 bits per heavy atom. The van der Waals surface area contributed by atoms with Gasteiger partial charge in [0.15, 0.2) is 5.78 Å². The number of hydrogen-bond acceptors (Lipinski definition) is 5. The highest BCUT2D eigenvalue weighted by molar-refractivity contribution is 6.31. The van der Waals surface area contributed by atoms with Crippen LogP contribution in [-0.2, 0) is 4.79 Å². The Balaban J connectivity index is 1.76. The third kappa shape index (κ3) is 4.47. The second-order valence-corrected chi connectivity index (χ2v) is 6.28. The van der Waals surface area contributed by atoms with E-state index in [9.17, 15) is 14.7 Å². The zero-order valence-electron chi connectivity index (χ0n) is 15.0. The molecule has 0 amide bonds. The fraction of sp³-hybridized carbons (Fsp3) is 0.0952. The van der Waals surface area contributed by atoms with E-state index in [1.54, 1.807) is 22.9 Å². The first-order chi connectivity index (χ1) is 13.5. The van der Waals surface area contributed by atoms with Crippen LogP contribution in [0.15, 0.2) is 60.7 Å². The number of halogens is 1. The SMILES string of the molecule is Cc1nn(-c2ccccc2)c(Cl)c1/C=C/C(=O)c1ccc(OCC(=O)[O-])cc1. The third-order valence-electron chi connectivity index (χ3n) is 3.95. The van der Waals surface area contributed by atoms with Gasteiger partial charge < -0.3 is 14.6 Å². The van der Waals surface area contributed by atoms with Crippen molar-refractivity contribution >= 4 is 29.4 Å². The minimum absolute atomic E-state index is 0.227. The molecule has 0 unspecified atom stereocenters. The minimum Gasteiger partial charge on any atom is -0.546 e. The second kappa shape index (κ2) is 8.54. The number of para-hydroxylation sites is 1. The van der Waals surface area contributed by atoms with E-state index in [2.05, 4.69) is 5.10 Å². The largest absolute Gasteiger partial charge is 0.546 e. The molecule has 0 saturated heterocycles. The molecule has 0 bridgehead atoms. The number of nitrogens with zero attached hydrogens (tertiary/aromatic N) is 2. The lowest BCUT2D eigenvalue weighted by atomic mass is 10.1. The number of ketones is 1. The summed E-state index contributed by atoms with van der Waals surface area (Å²) in [4.78, 5) is 22.8. The smallest absolute Gasteiger partial charge is 0.185 e. The number of ether oxygens (including phenoxy) is 1. The average Bonchev–Trinajstić information content (AvgIpc) is 2.99. The highest BCUT2D eigenvalue weighted by Crippen LogP contribution is 2.25. The maximum absolute atomic E-state index is 12.4. The van der Waals surface area contributed by atoms with E-state index in [0.29, 0.717) is 27.7 Å². The highest BCUT2D eigenvalue weighted by atomic mass is 35.5. The van der Waals surface area contributed by atoms with Gasteiger partial charge in [-0.05, 0) is 55.5 Å². The Kier molecular flexibility index (Phi) is 5.91. The van der Waals surface area contributed by atoms with Crippen LogP contribution in [0.3, 0.4) is 0 Å². The van der Waals surface area contributed by atoms with Crippen molar-refractivity contribution in [2.75, 3.05) is 6.61 Å². The summed E-state index contributed by atoms with van der Waals surface area (Å²) < 4.78 is 6.60. The number of carbonyl (C=O) groups is 2. The number of benzene rings is 2. The van der Waals surface area contributed by atoms with Gasteiger partial charge in [0.25, 0.3) is 0 Å². The first-order valence-corrected chi connectivity index (χ1v) is 8.79. The van der Waals surface area contributed by atoms with Gasteiger partial charge in [0.1, 0.15) is 17.5 Å². The summed E-state index contributed by atoms with van der Waals surface area (Å²) in [6, 6.07) is 15.6. The van der Waals surface area contributed by atoms with Crippen molar-refractivity contribution in [1.82, 2.24) is 9.78 Å². The maximum atomic E-state index is 12.4. The van der Waals surface area contributed by atoms with Crippen LogP contribution in [0, 0.1) is 6.92 Å². The number of rotatable bonds is 7. The predicted molar refractivity (Wildman–Crippen MR) is 104 cm³/mol. The number of allylic oxidation sites excluding steroid dienone is 1. The summed E-state index contributed by atoms with van der Waals surface area (Å²) in [7, 11) is 0. The lowest BCUT2D eigenvalue weighted by Gasteiger charge is -2.06. The van der Waals surface area contributed by atoms with Gasteiger partial charge in [0.05, 0.1) is 17.4 Å². The van der Waals surface area contributed by atoms with Gasteiger partial charge in [-0.25, -0.2) is 4.68 Å². The summed E-state index contributed by atoms with van der Waals surface area (Å²) >= 11 is 6.44. The molecule has 1 aromatic heterocycles. The molecular weight excluding hydrogens is 380 g/mol. The van der Waals surface area contributed by atoms with Crippen LogP contribution in [-0.4, -0.2) is 28.1 Å². The van der Waals surface area contributed by atoms with Gasteiger partial charge >= 0.3 is 0 Å². The van der Waals surface area contributed by atoms with E-state index in [0.717, 1.165) is 5.69 Å². The van der Waals surface area contributed by atoms with Crippen molar-refractivity contribution in [1.29, 1.82) is 0 Å². The fourth-order valence-electron chi connectivity index (χ4n) is 2.55. The molecular formula is C21H16ClN2O4-. The van der Waals surface area contributed by atoms with Crippen molar-refractivity contribution in [3.05, 3.63) is 82.6 Å². The van der Waals surface area contributed by atoms with Crippen LogP contribution < -0.4 is 9.84 Å². The molecule has 0 radical (unpaired) electrons. The monoisotopic (exact) mass is 395 g/mol. The summed E-state index contributed by atoms with van der Waals surface area (Å²) in [5, 5.41) is 15.2. The van der Waals surface area contributed by atoms with E-state index < -0.39 is 12.6 Å². The zero-order chi connectivity index (χ0) is 20.1. The topological polar surface area (TPSA) is 84.2 Å². The molecule has 0 atom stereocenters. The van der Waals surface area contributed by atoms with Crippen molar-refractivity contribution in [3.63, 3.8) is 0 Å². The number of aliphatic carboxylic acids is 1.